The zero-order chi connectivity index (χ0) is 27.5. The van der Waals surface area contributed by atoms with Crippen molar-refractivity contribution in [3.8, 4) is 17.7 Å². The Morgan fingerprint density at radius 3 is 2.79 bits per heavy atom. The van der Waals surface area contributed by atoms with E-state index in [9.17, 15) is 5.26 Å². The summed E-state index contributed by atoms with van der Waals surface area (Å²) in [7, 11) is 0. The first-order valence-corrected chi connectivity index (χ1v) is 13.5. The Balaban J connectivity index is 1.41. The smallest absolute Gasteiger partial charge is 0.256 e. The highest BCUT2D eigenvalue weighted by atomic mass is 16.5. The molecule has 11 heteroatoms. The molecule has 1 saturated carbocycles. The summed E-state index contributed by atoms with van der Waals surface area (Å²) in [5, 5.41) is 17.6. The summed E-state index contributed by atoms with van der Waals surface area (Å²) >= 11 is 0. The first-order valence-electron chi connectivity index (χ1n) is 13.5. The van der Waals surface area contributed by atoms with Crippen LogP contribution in [0, 0.1) is 17.2 Å². The van der Waals surface area contributed by atoms with Crippen LogP contribution in [0.4, 0.5) is 5.69 Å². The number of ether oxygens (including phenoxy) is 3. The second kappa shape index (κ2) is 14.2. The van der Waals surface area contributed by atoms with Gasteiger partial charge in [-0.2, -0.15) is 5.26 Å². The van der Waals surface area contributed by atoms with Crippen LogP contribution in [-0.2, 0) is 4.74 Å². The van der Waals surface area contributed by atoms with Crippen LogP contribution in [0.25, 0.3) is 5.57 Å². The van der Waals surface area contributed by atoms with Gasteiger partial charge >= 0.3 is 0 Å². The molecule has 39 heavy (non-hydrogen) atoms. The van der Waals surface area contributed by atoms with Gasteiger partial charge in [0.2, 0.25) is 0 Å². The molecule has 2 aromatic rings. The van der Waals surface area contributed by atoms with Crippen molar-refractivity contribution >= 4 is 23.8 Å². The van der Waals surface area contributed by atoms with Crippen LogP contribution >= 0.6 is 0 Å². The second-order valence-electron chi connectivity index (χ2n) is 9.87. The predicted octanol–water partition coefficient (Wildman–Crippen LogP) is 3.48. The largest absolute Gasteiger partial charge is 0.487 e. The first kappa shape index (κ1) is 28.0. The van der Waals surface area contributed by atoms with Crippen LogP contribution < -0.4 is 26.3 Å². The van der Waals surface area contributed by atoms with Crippen LogP contribution in [0.3, 0.4) is 0 Å². The molecule has 1 aliphatic heterocycles. The van der Waals surface area contributed by atoms with Gasteiger partial charge in [0.1, 0.15) is 30.3 Å². The summed E-state index contributed by atoms with van der Waals surface area (Å²) in [6.07, 6.45) is 12.2. The molecule has 2 heterocycles. The van der Waals surface area contributed by atoms with Crippen molar-refractivity contribution in [3.63, 3.8) is 0 Å². The van der Waals surface area contributed by atoms with Gasteiger partial charge < -0.3 is 31.0 Å². The first-order chi connectivity index (χ1) is 19.1. The average Bonchev–Trinajstić information content (AvgIpc) is 3.34. The number of hydrogen-bond donors (Lipinski definition) is 3. The fourth-order valence-electron chi connectivity index (χ4n) is 4.56. The van der Waals surface area contributed by atoms with E-state index < -0.39 is 0 Å². The van der Waals surface area contributed by atoms with Crippen LogP contribution in [0.2, 0.25) is 0 Å². The summed E-state index contributed by atoms with van der Waals surface area (Å²) in [6.45, 7) is 4.60. The Morgan fingerprint density at radius 1 is 1.28 bits per heavy atom. The van der Waals surface area contributed by atoms with Gasteiger partial charge in [0.05, 0.1) is 50.5 Å². The molecule has 0 unspecified atom stereocenters. The molecule has 1 aromatic carbocycles. The lowest BCUT2D eigenvalue weighted by atomic mass is 9.96. The number of nitrogens with zero attached hydrogens (tertiary/aromatic N) is 5. The van der Waals surface area contributed by atoms with Crippen molar-refractivity contribution in [1.29, 1.82) is 5.26 Å². The van der Waals surface area contributed by atoms with Gasteiger partial charge in [-0.15, -0.1) is 5.10 Å². The van der Waals surface area contributed by atoms with Gasteiger partial charge in [-0.25, -0.2) is 0 Å². The third kappa shape index (κ3) is 7.74. The standard InChI is InChI=1S/C28H38N8O3/c1-20(12-32-18-31)39-27-9-22(7-8-23(27)10-29)24(11-30)13-33-19-34-26-14-36(25-5-3-2-4-6-25)35-28(26)38-17-21-15-37-16-21/h7-9,11,13-14,18,20-21,25,34H,2-6,12,15-17,19,30H2,1H3,(H2,31,32)/b24-11+,33-13-/t20-/m0/s1. The SMILES string of the molecule is C[C@@H](CN=CN)Oc1cc(C(/C=N\CNc2cn(C3CCCCC3)nc2OCC2COC2)=C/N)ccc1C#N. The molecular formula is C28H38N8O3. The third-order valence-electron chi connectivity index (χ3n) is 6.81. The normalized spacial score (nSPS) is 17.7. The quantitative estimate of drug-likeness (QED) is 0.260. The number of allylic oxidation sites excluding steroid dienone is 1. The Morgan fingerprint density at radius 2 is 2.10 bits per heavy atom. The number of aliphatic imine (C=N–C) groups is 2. The van der Waals surface area contributed by atoms with Crippen LogP contribution in [0.15, 0.2) is 40.6 Å². The average molecular weight is 535 g/mol. The monoisotopic (exact) mass is 534 g/mol. The maximum absolute atomic E-state index is 9.49. The van der Waals surface area contributed by atoms with Crippen molar-refractivity contribution in [2.75, 3.05) is 38.4 Å². The Bertz CT molecular complexity index is 1210. The molecule has 1 saturated heterocycles. The predicted molar refractivity (Wildman–Crippen MR) is 152 cm³/mol. The maximum atomic E-state index is 9.49. The maximum Gasteiger partial charge on any atom is 0.256 e. The molecule has 5 N–H and O–H groups in total. The molecule has 11 nitrogen and oxygen atoms in total. The minimum Gasteiger partial charge on any atom is -0.487 e. The summed E-state index contributed by atoms with van der Waals surface area (Å²) < 4.78 is 19.3. The summed E-state index contributed by atoms with van der Waals surface area (Å²) in [5.41, 5.74) is 14.0. The van der Waals surface area contributed by atoms with Crippen molar-refractivity contribution in [3.05, 3.63) is 41.7 Å². The molecule has 0 bridgehead atoms. The van der Waals surface area contributed by atoms with Gasteiger partial charge in [-0.3, -0.25) is 14.7 Å². The summed E-state index contributed by atoms with van der Waals surface area (Å²) in [4.78, 5) is 8.54. The highest BCUT2D eigenvalue weighted by Crippen LogP contribution is 2.32. The molecule has 208 valence electrons. The summed E-state index contributed by atoms with van der Waals surface area (Å²) in [6, 6.07) is 7.86. The Kier molecular flexibility index (Phi) is 10.2. The highest BCUT2D eigenvalue weighted by Gasteiger charge is 2.23. The molecule has 2 aliphatic rings. The van der Waals surface area contributed by atoms with E-state index in [1.807, 2.05) is 23.9 Å². The lowest BCUT2D eigenvalue weighted by molar-refractivity contribution is -0.0514. The molecule has 0 spiro atoms. The fourth-order valence-corrected chi connectivity index (χ4v) is 4.56. The Labute approximate surface area is 229 Å². The van der Waals surface area contributed by atoms with E-state index in [-0.39, 0.29) is 6.10 Å². The zero-order valence-corrected chi connectivity index (χ0v) is 22.5. The zero-order valence-electron chi connectivity index (χ0n) is 22.5. The van der Waals surface area contributed by atoms with E-state index in [0.717, 1.165) is 37.3 Å². The van der Waals surface area contributed by atoms with E-state index in [0.29, 0.717) is 54.5 Å². The van der Waals surface area contributed by atoms with Gasteiger partial charge in [-0.1, -0.05) is 25.3 Å². The summed E-state index contributed by atoms with van der Waals surface area (Å²) in [5.74, 6) is 1.46. The second-order valence-corrected chi connectivity index (χ2v) is 9.87. The van der Waals surface area contributed by atoms with Crippen molar-refractivity contribution in [1.82, 2.24) is 9.78 Å². The number of aromatic nitrogens is 2. The van der Waals surface area contributed by atoms with E-state index in [1.54, 1.807) is 18.3 Å². The fraction of sp³-hybridized carbons (Fsp3) is 0.500. The number of rotatable bonds is 13. The lowest BCUT2D eigenvalue weighted by Gasteiger charge is -2.25. The topological polar surface area (TPSA) is 158 Å². The third-order valence-corrected chi connectivity index (χ3v) is 6.81. The van der Waals surface area contributed by atoms with Crippen molar-refractivity contribution < 1.29 is 14.2 Å². The highest BCUT2D eigenvalue weighted by molar-refractivity contribution is 6.09. The Hall–Kier alpha value is -4.04. The molecule has 1 aromatic heterocycles. The minimum absolute atomic E-state index is 0.252. The van der Waals surface area contributed by atoms with Crippen LogP contribution in [0.1, 0.15) is 56.2 Å². The number of benzene rings is 1. The number of anilines is 1. The molecular weight excluding hydrogens is 496 g/mol. The number of nitrogens with one attached hydrogen (secondary N) is 1. The van der Waals surface area contributed by atoms with E-state index in [2.05, 4.69) is 21.4 Å². The molecule has 1 atom stereocenters. The van der Waals surface area contributed by atoms with Gasteiger partial charge in [0, 0.05) is 23.9 Å². The lowest BCUT2D eigenvalue weighted by Crippen LogP contribution is -2.32. The number of hydrogen-bond acceptors (Lipinski definition) is 9. The molecule has 0 amide bonds. The van der Waals surface area contributed by atoms with Crippen LogP contribution in [-0.4, -0.2) is 61.5 Å². The van der Waals surface area contributed by atoms with E-state index >= 15 is 0 Å². The van der Waals surface area contributed by atoms with Crippen molar-refractivity contribution in [2.24, 2.45) is 27.4 Å². The number of nitriles is 1. The van der Waals surface area contributed by atoms with Gasteiger partial charge in [0.25, 0.3) is 5.88 Å². The van der Waals surface area contributed by atoms with E-state index in [4.69, 9.17) is 30.8 Å². The van der Waals surface area contributed by atoms with Crippen molar-refractivity contribution in [2.45, 2.75) is 51.2 Å². The molecule has 1 aliphatic carbocycles. The van der Waals surface area contributed by atoms with E-state index in [1.165, 1.54) is 31.8 Å². The molecule has 4 rings (SSSR count). The van der Waals surface area contributed by atoms with Crippen LogP contribution in [0.5, 0.6) is 11.6 Å². The van der Waals surface area contributed by atoms with Gasteiger partial charge in [-0.05, 0) is 37.5 Å². The molecule has 2 fully saturated rings. The number of nitrogens with two attached hydrogens (primary N) is 2. The van der Waals surface area contributed by atoms with Gasteiger partial charge in [0.15, 0.2) is 0 Å². The molecule has 0 radical (unpaired) electrons. The minimum atomic E-state index is -0.252.